The Hall–Kier alpha value is -0.610. The molecule has 2 fully saturated rings. The zero-order valence-electron chi connectivity index (χ0n) is 10.1. The van der Waals surface area contributed by atoms with E-state index in [2.05, 4.69) is 0 Å². The predicted molar refractivity (Wildman–Crippen MR) is 61.9 cm³/mol. The first kappa shape index (κ1) is 11.9. The Morgan fingerprint density at radius 1 is 1.50 bits per heavy atom. The zero-order valence-corrected chi connectivity index (χ0v) is 10.1. The predicted octanol–water partition coefficient (Wildman–Crippen LogP) is 0.753. The number of ether oxygens (including phenoxy) is 1. The molecule has 1 aliphatic carbocycles. The van der Waals surface area contributed by atoms with Gasteiger partial charge in [-0.25, -0.2) is 0 Å². The number of hydrogen-bond donors (Lipinski definition) is 1. The molecule has 0 aromatic carbocycles. The van der Waals surface area contributed by atoms with E-state index in [4.69, 9.17) is 10.5 Å². The molecule has 2 N–H and O–H groups in total. The van der Waals surface area contributed by atoms with Gasteiger partial charge >= 0.3 is 0 Å². The van der Waals surface area contributed by atoms with E-state index >= 15 is 0 Å². The van der Waals surface area contributed by atoms with Crippen molar-refractivity contribution in [2.45, 2.75) is 37.6 Å². The molecule has 1 amide bonds. The molecule has 0 spiro atoms. The van der Waals surface area contributed by atoms with Crippen molar-refractivity contribution in [3.63, 3.8) is 0 Å². The van der Waals surface area contributed by atoms with Crippen LogP contribution in [-0.4, -0.2) is 43.2 Å². The normalized spacial score (nSPS) is 28.2. The lowest BCUT2D eigenvalue weighted by molar-refractivity contribution is -0.139. The van der Waals surface area contributed by atoms with Crippen molar-refractivity contribution >= 4 is 5.91 Å². The third kappa shape index (κ3) is 2.38. The molecule has 1 saturated heterocycles. The summed E-state index contributed by atoms with van der Waals surface area (Å²) in [6.07, 6.45) is 5.05. The number of likely N-dealkylation sites (N-methyl/N-ethyl adjacent to an activating group) is 1. The van der Waals surface area contributed by atoms with Gasteiger partial charge in [0.15, 0.2) is 0 Å². The zero-order chi connectivity index (χ0) is 11.6. The second-order valence-electron chi connectivity index (χ2n) is 5.28. The fraction of sp³-hybridized carbons (Fsp3) is 0.917. The molecule has 4 heteroatoms. The third-order valence-electron chi connectivity index (χ3n) is 3.81. The van der Waals surface area contributed by atoms with Gasteiger partial charge in [0.1, 0.15) is 0 Å². The van der Waals surface area contributed by atoms with E-state index in [9.17, 15) is 4.79 Å². The molecule has 16 heavy (non-hydrogen) atoms. The molecular weight excluding hydrogens is 204 g/mol. The first-order valence-electron chi connectivity index (χ1n) is 6.24. The van der Waals surface area contributed by atoms with Crippen molar-refractivity contribution in [2.75, 3.05) is 26.8 Å². The van der Waals surface area contributed by atoms with Crippen molar-refractivity contribution in [2.24, 2.45) is 11.7 Å². The molecule has 0 bridgehead atoms. The number of carbonyl (C=O) groups is 1. The van der Waals surface area contributed by atoms with Gasteiger partial charge < -0.3 is 15.4 Å². The van der Waals surface area contributed by atoms with E-state index < -0.39 is 5.54 Å². The van der Waals surface area contributed by atoms with Crippen LogP contribution in [-0.2, 0) is 9.53 Å². The Labute approximate surface area is 97.1 Å². The third-order valence-corrected chi connectivity index (χ3v) is 3.81. The summed E-state index contributed by atoms with van der Waals surface area (Å²) in [5.74, 6) is 0.607. The number of amides is 1. The van der Waals surface area contributed by atoms with E-state index in [0.29, 0.717) is 5.92 Å². The van der Waals surface area contributed by atoms with E-state index in [1.807, 2.05) is 7.05 Å². The highest BCUT2D eigenvalue weighted by molar-refractivity contribution is 5.86. The lowest BCUT2D eigenvalue weighted by Gasteiger charge is -2.40. The minimum atomic E-state index is -0.551. The molecule has 1 heterocycles. The molecule has 92 valence electrons. The Morgan fingerprint density at radius 3 is 2.75 bits per heavy atom. The van der Waals surface area contributed by atoms with Gasteiger partial charge in [0.25, 0.3) is 0 Å². The summed E-state index contributed by atoms with van der Waals surface area (Å²) < 4.78 is 5.42. The average Bonchev–Trinajstić information content (AvgIpc) is 2.26. The van der Waals surface area contributed by atoms with E-state index in [-0.39, 0.29) is 5.91 Å². The molecule has 0 aromatic rings. The number of nitrogens with two attached hydrogens (primary N) is 1. The average molecular weight is 226 g/mol. The maximum Gasteiger partial charge on any atom is 0.242 e. The maximum atomic E-state index is 12.1. The standard InChI is InChI=1S/C12H22N2O2/c1-14(8-10-4-2-7-16-9-10)11(15)12(13)5-3-6-12/h10H,2-9,13H2,1H3. The second-order valence-corrected chi connectivity index (χ2v) is 5.28. The highest BCUT2D eigenvalue weighted by atomic mass is 16.5. The lowest BCUT2D eigenvalue weighted by Crippen LogP contribution is -2.59. The number of carbonyl (C=O) groups excluding carboxylic acids is 1. The van der Waals surface area contributed by atoms with Gasteiger partial charge in [0.2, 0.25) is 5.91 Å². The van der Waals surface area contributed by atoms with Crippen LogP contribution < -0.4 is 5.73 Å². The van der Waals surface area contributed by atoms with Gasteiger partial charge in [-0.3, -0.25) is 4.79 Å². The van der Waals surface area contributed by atoms with Crippen molar-refractivity contribution in [3.8, 4) is 0 Å². The molecular formula is C12H22N2O2. The summed E-state index contributed by atoms with van der Waals surface area (Å²) in [4.78, 5) is 13.9. The molecule has 1 aliphatic heterocycles. The SMILES string of the molecule is CN(CC1CCCOC1)C(=O)C1(N)CCC1. The molecule has 2 aliphatic rings. The summed E-state index contributed by atoms with van der Waals surface area (Å²) in [5.41, 5.74) is 5.48. The minimum absolute atomic E-state index is 0.115. The molecule has 1 atom stereocenters. The molecule has 1 saturated carbocycles. The molecule has 1 unspecified atom stereocenters. The van der Waals surface area contributed by atoms with Gasteiger partial charge in [-0.1, -0.05) is 0 Å². The topological polar surface area (TPSA) is 55.6 Å². The highest BCUT2D eigenvalue weighted by Gasteiger charge is 2.42. The van der Waals surface area contributed by atoms with Crippen LogP contribution >= 0.6 is 0 Å². The molecule has 4 nitrogen and oxygen atoms in total. The summed E-state index contributed by atoms with van der Waals surface area (Å²) in [6, 6.07) is 0. The summed E-state index contributed by atoms with van der Waals surface area (Å²) in [5, 5.41) is 0. The van der Waals surface area contributed by atoms with Crippen molar-refractivity contribution in [1.29, 1.82) is 0 Å². The number of nitrogens with zero attached hydrogens (tertiary/aromatic N) is 1. The fourth-order valence-electron chi connectivity index (χ4n) is 2.57. The van der Waals surface area contributed by atoms with Crippen LogP contribution in [0, 0.1) is 5.92 Å². The minimum Gasteiger partial charge on any atom is -0.381 e. The fourth-order valence-corrected chi connectivity index (χ4v) is 2.57. The van der Waals surface area contributed by atoms with Crippen LogP contribution in [0.3, 0.4) is 0 Å². The Kier molecular flexibility index (Phi) is 3.50. The molecule has 2 rings (SSSR count). The van der Waals surface area contributed by atoms with Crippen molar-refractivity contribution in [1.82, 2.24) is 4.90 Å². The Bertz CT molecular complexity index is 258. The number of rotatable bonds is 3. The van der Waals surface area contributed by atoms with E-state index in [1.165, 1.54) is 0 Å². The quantitative estimate of drug-likeness (QED) is 0.772. The van der Waals surface area contributed by atoms with Crippen molar-refractivity contribution < 1.29 is 9.53 Å². The first-order valence-corrected chi connectivity index (χ1v) is 6.24. The van der Waals surface area contributed by atoms with Crippen LogP contribution in [0.1, 0.15) is 32.1 Å². The summed E-state index contributed by atoms with van der Waals surface area (Å²) >= 11 is 0. The van der Waals surface area contributed by atoms with Crippen molar-refractivity contribution in [3.05, 3.63) is 0 Å². The van der Waals surface area contributed by atoms with E-state index in [1.54, 1.807) is 4.90 Å². The van der Waals surface area contributed by atoms with Gasteiger partial charge in [-0.15, -0.1) is 0 Å². The first-order chi connectivity index (χ1) is 7.62. The van der Waals surface area contributed by atoms with Gasteiger partial charge in [0, 0.05) is 20.2 Å². The van der Waals surface area contributed by atoms with E-state index in [0.717, 1.165) is 51.9 Å². The summed E-state index contributed by atoms with van der Waals surface area (Å²) in [6.45, 7) is 2.45. The molecule has 0 aromatic heterocycles. The van der Waals surface area contributed by atoms with Crippen LogP contribution in [0.15, 0.2) is 0 Å². The smallest absolute Gasteiger partial charge is 0.242 e. The highest BCUT2D eigenvalue weighted by Crippen LogP contribution is 2.31. The maximum absolute atomic E-state index is 12.1. The van der Waals surface area contributed by atoms with Gasteiger partial charge in [-0.05, 0) is 38.0 Å². The second kappa shape index (κ2) is 4.72. The Balaban J connectivity index is 1.82. The van der Waals surface area contributed by atoms with Crippen LogP contribution in [0.2, 0.25) is 0 Å². The Morgan fingerprint density at radius 2 is 2.25 bits per heavy atom. The van der Waals surface area contributed by atoms with Crippen LogP contribution in [0.25, 0.3) is 0 Å². The number of hydrogen-bond acceptors (Lipinski definition) is 3. The van der Waals surface area contributed by atoms with Gasteiger partial charge in [-0.2, -0.15) is 0 Å². The molecule has 0 radical (unpaired) electrons. The monoisotopic (exact) mass is 226 g/mol. The summed E-state index contributed by atoms with van der Waals surface area (Å²) in [7, 11) is 1.86. The lowest BCUT2D eigenvalue weighted by atomic mass is 9.76. The van der Waals surface area contributed by atoms with Crippen LogP contribution in [0.5, 0.6) is 0 Å². The van der Waals surface area contributed by atoms with Crippen LogP contribution in [0.4, 0.5) is 0 Å². The largest absolute Gasteiger partial charge is 0.381 e. The van der Waals surface area contributed by atoms with Gasteiger partial charge in [0.05, 0.1) is 12.1 Å².